The van der Waals surface area contributed by atoms with Crippen molar-refractivity contribution in [2.24, 2.45) is 0 Å². The van der Waals surface area contributed by atoms with Gasteiger partial charge in [0.2, 0.25) is 0 Å². The lowest BCUT2D eigenvalue weighted by molar-refractivity contribution is 0.0954. The van der Waals surface area contributed by atoms with Gasteiger partial charge in [0, 0.05) is 29.0 Å². The van der Waals surface area contributed by atoms with Crippen molar-refractivity contribution in [2.45, 2.75) is 13.3 Å². The number of benzene rings is 2. The molecule has 0 aliphatic heterocycles. The Morgan fingerprint density at radius 2 is 1.88 bits per heavy atom. The second-order valence-corrected chi connectivity index (χ2v) is 6.63. The van der Waals surface area contributed by atoms with Gasteiger partial charge in [-0.25, -0.2) is 13.8 Å². The largest absolute Gasteiger partial charge is 0.352 e. The fraction of sp³-hybridized carbons (Fsp3) is 0.158. The van der Waals surface area contributed by atoms with Crippen LogP contribution in [0.5, 0.6) is 0 Å². The van der Waals surface area contributed by atoms with Crippen LogP contribution in [-0.2, 0) is 6.42 Å². The SMILES string of the molecule is Cc1nc(-c2cccc(F)c2)sc1CCNC(=O)c1ccc(F)cc1. The molecule has 1 heterocycles. The number of rotatable bonds is 5. The first-order chi connectivity index (χ1) is 12.0. The Bertz CT molecular complexity index is 891. The number of amides is 1. The van der Waals surface area contributed by atoms with Crippen molar-refractivity contribution in [3.63, 3.8) is 0 Å². The Balaban J connectivity index is 1.62. The van der Waals surface area contributed by atoms with Crippen molar-refractivity contribution in [3.8, 4) is 10.6 Å². The van der Waals surface area contributed by atoms with Crippen molar-refractivity contribution in [1.82, 2.24) is 10.3 Å². The van der Waals surface area contributed by atoms with E-state index in [0.717, 1.165) is 21.1 Å². The van der Waals surface area contributed by atoms with E-state index in [9.17, 15) is 13.6 Å². The maximum atomic E-state index is 13.3. The van der Waals surface area contributed by atoms with E-state index < -0.39 is 0 Å². The van der Waals surface area contributed by atoms with Gasteiger partial charge in [-0.05, 0) is 43.3 Å². The van der Waals surface area contributed by atoms with Crippen LogP contribution in [-0.4, -0.2) is 17.4 Å². The smallest absolute Gasteiger partial charge is 0.251 e. The normalized spacial score (nSPS) is 10.7. The zero-order valence-corrected chi connectivity index (χ0v) is 14.4. The lowest BCUT2D eigenvalue weighted by Crippen LogP contribution is -2.25. The topological polar surface area (TPSA) is 42.0 Å². The molecule has 0 saturated heterocycles. The number of hydrogen-bond donors (Lipinski definition) is 1. The van der Waals surface area contributed by atoms with Crippen LogP contribution in [0.3, 0.4) is 0 Å². The molecule has 3 nitrogen and oxygen atoms in total. The molecule has 0 atom stereocenters. The fourth-order valence-electron chi connectivity index (χ4n) is 2.40. The number of thiazole rings is 1. The highest BCUT2D eigenvalue weighted by Crippen LogP contribution is 2.28. The molecule has 3 rings (SSSR count). The number of carbonyl (C=O) groups is 1. The van der Waals surface area contributed by atoms with E-state index in [1.54, 1.807) is 6.07 Å². The second-order valence-electron chi connectivity index (χ2n) is 5.55. The summed E-state index contributed by atoms with van der Waals surface area (Å²) in [5.41, 5.74) is 2.04. The highest BCUT2D eigenvalue weighted by atomic mass is 32.1. The second kappa shape index (κ2) is 7.53. The monoisotopic (exact) mass is 358 g/mol. The molecule has 2 aromatic carbocycles. The summed E-state index contributed by atoms with van der Waals surface area (Å²) in [5.74, 6) is -0.910. The first-order valence-corrected chi connectivity index (χ1v) is 8.60. The maximum absolute atomic E-state index is 13.3. The van der Waals surface area contributed by atoms with Crippen molar-refractivity contribution >= 4 is 17.2 Å². The molecule has 1 aromatic heterocycles. The summed E-state index contributed by atoms with van der Waals surface area (Å²) in [5, 5.41) is 3.57. The molecule has 0 aliphatic carbocycles. The first kappa shape index (κ1) is 17.2. The average molecular weight is 358 g/mol. The standard InChI is InChI=1S/C19H16F2N2OS/c1-12-17(25-19(23-12)14-3-2-4-16(21)11-14)9-10-22-18(24)13-5-7-15(20)8-6-13/h2-8,11H,9-10H2,1H3,(H,22,24). The lowest BCUT2D eigenvalue weighted by Gasteiger charge is -2.04. The van der Waals surface area contributed by atoms with Crippen LogP contribution in [0.1, 0.15) is 20.9 Å². The van der Waals surface area contributed by atoms with Gasteiger partial charge < -0.3 is 5.32 Å². The highest BCUT2D eigenvalue weighted by Gasteiger charge is 2.11. The number of aromatic nitrogens is 1. The molecule has 3 aromatic rings. The van der Waals surface area contributed by atoms with Gasteiger partial charge in [0.25, 0.3) is 5.91 Å². The van der Waals surface area contributed by atoms with Crippen LogP contribution in [0, 0.1) is 18.6 Å². The summed E-state index contributed by atoms with van der Waals surface area (Å²) in [6.07, 6.45) is 0.631. The van der Waals surface area contributed by atoms with E-state index in [4.69, 9.17) is 0 Å². The van der Waals surface area contributed by atoms with Gasteiger partial charge in [-0.3, -0.25) is 4.79 Å². The molecule has 128 valence electrons. The number of carbonyl (C=O) groups excluding carboxylic acids is 1. The predicted molar refractivity (Wildman–Crippen MR) is 94.7 cm³/mol. The Morgan fingerprint density at radius 3 is 2.60 bits per heavy atom. The van der Waals surface area contributed by atoms with Crippen molar-refractivity contribution in [1.29, 1.82) is 0 Å². The minimum atomic E-state index is -0.373. The van der Waals surface area contributed by atoms with Crippen molar-refractivity contribution < 1.29 is 13.6 Å². The Hall–Kier alpha value is -2.60. The summed E-state index contributed by atoms with van der Waals surface area (Å²) < 4.78 is 26.2. The van der Waals surface area contributed by atoms with Crippen LogP contribution >= 0.6 is 11.3 Å². The number of hydrogen-bond acceptors (Lipinski definition) is 3. The van der Waals surface area contributed by atoms with Crippen LogP contribution in [0.15, 0.2) is 48.5 Å². The van der Waals surface area contributed by atoms with E-state index >= 15 is 0 Å². The Labute approximate surface area is 148 Å². The molecule has 0 saturated carbocycles. The van der Waals surface area contributed by atoms with Gasteiger partial charge >= 0.3 is 0 Å². The third kappa shape index (κ3) is 4.28. The minimum absolute atomic E-state index is 0.243. The Morgan fingerprint density at radius 1 is 1.12 bits per heavy atom. The first-order valence-electron chi connectivity index (χ1n) is 7.79. The van der Waals surface area contributed by atoms with E-state index in [1.807, 2.05) is 13.0 Å². The molecule has 25 heavy (non-hydrogen) atoms. The van der Waals surface area contributed by atoms with E-state index in [1.165, 1.54) is 47.7 Å². The highest BCUT2D eigenvalue weighted by molar-refractivity contribution is 7.15. The zero-order chi connectivity index (χ0) is 17.8. The van der Waals surface area contributed by atoms with E-state index in [0.29, 0.717) is 18.5 Å². The molecular formula is C19H16F2N2OS. The van der Waals surface area contributed by atoms with E-state index in [2.05, 4.69) is 10.3 Å². The summed E-state index contributed by atoms with van der Waals surface area (Å²) >= 11 is 1.49. The van der Waals surface area contributed by atoms with Gasteiger partial charge in [-0.15, -0.1) is 11.3 Å². The van der Waals surface area contributed by atoms with Crippen molar-refractivity contribution in [2.75, 3.05) is 6.54 Å². The molecule has 0 radical (unpaired) electrons. The van der Waals surface area contributed by atoms with Crippen LogP contribution in [0.4, 0.5) is 8.78 Å². The molecule has 1 amide bonds. The maximum Gasteiger partial charge on any atom is 0.251 e. The van der Waals surface area contributed by atoms with Crippen LogP contribution in [0.2, 0.25) is 0 Å². The zero-order valence-electron chi connectivity index (χ0n) is 13.6. The number of halogens is 2. The summed E-state index contributed by atoms with van der Waals surface area (Å²) in [6, 6.07) is 11.7. The number of nitrogens with zero attached hydrogens (tertiary/aromatic N) is 1. The molecule has 0 aliphatic rings. The predicted octanol–water partition coefficient (Wildman–Crippen LogP) is 4.37. The van der Waals surface area contributed by atoms with Gasteiger partial charge in [0.05, 0.1) is 5.69 Å². The number of nitrogens with one attached hydrogen (secondary N) is 1. The van der Waals surface area contributed by atoms with Gasteiger partial charge in [-0.1, -0.05) is 12.1 Å². The molecule has 0 bridgehead atoms. The van der Waals surface area contributed by atoms with Gasteiger partial charge in [-0.2, -0.15) is 0 Å². The van der Waals surface area contributed by atoms with Gasteiger partial charge in [0.15, 0.2) is 0 Å². The van der Waals surface area contributed by atoms with Gasteiger partial charge in [0.1, 0.15) is 16.6 Å². The molecule has 1 N–H and O–H groups in total. The molecule has 6 heteroatoms. The van der Waals surface area contributed by atoms with E-state index in [-0.39, 0.29) is 17.5 Å². The summed E-state index contributed by atoms with van der Waals surface area (Å²) in [4.78, 5) is 17.5. The minimum Gasteiger partial charge on any atom is -0.352 e. The third-order valence-corrected chi connectivity index (χ3v) is 4.97. The average Bonchev–Trinajstić information content (AvgIpc) is 2.96. The summed E-state index contributed by atoms with van der Waals surface area (Å²) in [7, 11) is 0. The number of aryl methyl sites for hydroxylation is 1. The molecule has 0 fully saturated rings. The van der Waals surface area contributed by atoms with Crippen LogP contribution < -0.4 is 5.32 Å². The van der Waals surface area contributed by atoms with Crippen molar-refractivity contribution in [3.05, 3.63) is 76.3 Å². The fourth-order valence-corrected chi connectivity index (χ4v) is 3.46. The third-order valence-electron chi connectivity index (χ3n) is 3.71. The molecule has 0 unspecified atom stereocenters. The Kier molecular flexibility index (Phi) is 5.19. The molecule has 0 spiro atoms. The van der Waals surface area contributed by atoms with Crippen LogP contribution in [0.25, 0.3) is 10.6 Å². The summed E-state index contributed by atoms with van der Waals surface area (Å²) in [6.45, 7) is 2.35. The molecular weight excluding hydrogens is 342 g/mol. The quantitative estimate of drug-likeness (QED) is 0.736. The lowest BCUT2D eigenvalue weighted by atomic mass is 10.2.